The highest BCUT2D eigenvalue weighted by molar-refractivity contribution is 8.00. The summed E-state index contributed by atoms with van der Waals surface area (Å²) < 4.78 is 33.4. The van der Waals surface area contributed by atoms with Crippen molar-refractivity contribution < 1.29 is 13.2 Å². The zero-order valence-electron chi connectivity index (χ0n) is 15.2. The van der Waals surface area contributed by atoms with Gasteiger partial charge in [0.2, 0.25) is 10.0 Å². The number of hydrogen-bond donors (Lipinski definition) is 1. The van der Waals surface area contributed by atoms with Crippen LogP contribution < -0.4 is 9.46 Å². The van der Waals surface area contributed by atoms with E-state index < -0.39 is 10.0 Å². The molecule has 0 bridgehead atoms. The molecule has 0 unspecified atom stereocenters. The number of sulfonamides is 1. The Morgan fingerprint density at radius 2 is 1.87 bits per heavy atom. The van der Waals surface area contributed by atoms with Gasteiger partial charge in [-0.05, 0) is 36.1 Å². The molecular formula is C17H29NO3S2. The maximum atomic E-state index is 12.6. The number of rotatable bonds is 7. The van der Waals surface area contributed by atoms with Crippen LogP contribution in [0, 0.1) is 6.92 Å². The van der Waals surface area contributed by atoms with Gasteiger partial charge in [0.25, 0.3) is 0 Å². The fourth-order valence-corrected chi connectivity index (χ4v) is 4.44. The van der Waals surface area contributed by atoms with Crippen LogP contribution in [0.25, 0.3) is 0 Å². The van der Waals surface area contributed by atoms with Crippen molar-refractivity contribution >= 4 is 21.8 Å². The number of benzene rings is 1. The lowest BCUT2D eigenvalue weighted by Crippen LogP contribution is -2.28. The Hall–Kier alpha value is -0.720. The topological polar surface area (TPSA) is 55.4 Å². The Balaban J connectivity index is 2.97. The van der Waals surface area contributed by atoms with E-state index in [-0.39, 0.29) is 10.7 Å². The molecule has 1 aromatic carbocycles. The Kier molecular flexibility index (Phi) is 6.98. The van der Waals surface area contributed by atoms with Crippen LogP contribution in [-0.4, -0.2) is 32.6 Å². The normalized spacial score (nSPS) is 12.7. The van der Waals surface area contributed by atoms with Crippen LogP contribution in [-0.2, 0) is 10.0 Å². The van der Waals surface area contributed by atoms with E-state index in [1.807, 2.05) is 13.8 Å². The average molecular weight is 360 g/mol. The predicted octanol–water partition coefficient (Wildman–Crippen LogP) is 3.94. The van der Waals surface area contributed by atoms with E-state index in [0.29, 0.717) is 17.0 Å². The molecule has 0 heterocycles. The van der Waals surface area contributed by atoms with Crippen molar-refractivity contribution in [3.8, 4) is 5.75 Å². The molecule has 0 aliphatic rings. The molecule has 0 fully saturated rings. The van der Waals surface area contributed by atoms with E-state index >= 15 is 0 Å². The minimum atomic E-state index is -3.51. The van der Waals surface area contributed by atoms with Gasteiger partial charge in [-0.15, -0.1) is 0 Å². The van der Waals surface area contributed by atoms with E-state index in [9.17, 15) is 8.42 Å². The van der Waals surface area contributed by atoms with Gasteiger partial charge >= 0.3 is 0 Å². The second-order valence-electron chi connectivity index (χ2n) is 6.87. The van der Waals surface area contributed by atoms with Gasteiger partial charge in [-0.3, -0.25) is 0 Å². The third-order valence-electron chi connectivity index (χ3n) is 3.37. The molecular weight excluding hydrogens is 330 g/mol. The standard InChI is InChI=1S/C17H29NO3S2/c1-12(2)14-11-16(13(3)10-15(14)21-7)23(19,20)18-8-9-22-17(4,5)6/h10-12,18H,8-9H2,1-7H3. The summed E-state index contributed by atoms with van der Waals surface area (Å²) in [4.78, 5) is 0.336. The Morgan fingerprint density at radius 3 is 2.35 bits per heavy atom. The maximum absolute atomic E-state index is 12.6. The molecule has 0 aliphatic heterocycles. The van der Waals surface area contributed by atoms with Gasteiger partial charge in [-0.25, -0.2) is 13.1 Å². The first-order valence-electron chi connectivity index (χ1n) is 7.80. The first-order valence-corrected chi connectivity index (χ1v) is 10.3. The lowest BCUT2D eigenvalue weighted by atomic mass is 10.0. The van der Waals surface area contributed by atoms with Crippen LogP contribution in [0.3, 0.4) is 0 Å². The summed E-state index contributed by atoms with van der Waals surface area (Å²) in [5, 5.41) is 0. The molecule has 6 heteroatoms. The predicted molar refractivity (Wildman–Crippen MR) is 99.2 cm³/mol. The van der Waals surface area contributed by atoms with Gasteiger partial charge in [0.1, 0.15) is 5.75 Å². The summed E-state index contributed by atoms with van der Waals surface area (Å²) in [6.07, 6.45) is 0. The Morgan fingerprint density at radius 1 is 1.26 bits per heavy atom. The second-order valence-corrected chi connectivity index (χ2v) is 10.5. The van der Waals surface area contributed by atoms with Crippen LogP contribution in [0.15, 0.2) is 17.0 Å². The number of thioether (sulfide) groups is 1. The maximum Gasteiger partial charge on any atom is 0.240 e. The molecule has 23 heavy (non-hydrogen) atoms. The largest absolute Gasteiger partial charge is 0.496 e. The number of ether oxygens (including phenoxy) is 1. The summed E-state index contributed by atoms with van der Waals surface area (Å²) in [5.74, 6) is 1.67. The quantitative estimate of drug-likeness (QED) is 0.749. The van der Waals surface area contributed by atoms with Crippen LogP contribution in [0.2, 0.25) is 0 Å². The van der Waals surface area contributed by atoms with Crippen molar-refractivity contribution in [2.75, 3.05) is 19.4 Å². The summed E-state index contributed by atoms with van der Waals surface area (Å²) in [6, 6.07) is 3.53. The van der Waals surface area contributed by atoms with Crippen molar-refractivity contribution in [2.24, 2.45) is 0 Å². The van der Waals surface area contributed by atoms with Gasteiger partial charge in [0, 0.05) is 17.0 Å². The number of nitrogens with one attached hydrogen (secondary N) is 1. The van der Waals surface area contributed by atoms with Crippen molar-refractivity contribution in [1.82, 2.24) is 4.72 Å². The summed E-state index contributed by atoms with van der Waals surface area (Å²) in [7, 11) is -1.90. The van der Waals surface area contributed by atoms with E-state index in [1.54, 1.807) is 37.9 Å². The Bertz CT molecular complexity index is 632. The van der Waals surface area contributed by atoms with Gasteiger partial charge in [-0.2, -0.15) is 11.8 Å². The van der Waals surface area contributed by atoms with E-state index in [4.69, 9.17) is 4.74 Å². The van der Waals surface area contributed by atoms with Crippen molar-refractivity contribution in [3.63, 3.8) is 0 Å². The van der Waals surface area contributed by atoms with E-state index in [2.05, 4.69) is 25.5 Å². The lowest BCUT2D eigenvalue weighted by molar-refractivity contribution is 0.406. The highest BCUT2D eigenvalue weighted by atomic mass is 32.2. The summed E-state index contributed by atoms with van der Waals surface area (Å²) in [5.41, 5.74) is 1.60. The molecule has 1 rings (SSSR count). The molecule has 0 saturated heterocycles. The highest BCUT2D eigenvalue weighted by Crippen LogP contribution is 2.31. The molecule has 0 spiro atoms. The molecule has 0 aliphatic carbocycles. The number of methoxy groups -OCH3 is 1. The highest BCUT2D eigenvalue weighted by Gasteiger charge is 2.21. The molecule has 0 saturated carbocycles. The molecule has 1 N–H and O–H groups in total. The Labute approximate surface area is 145 Å². The van der Waals surface area contributed by atoms with Gasteiger partial charge in [0.15, 0.2) is 0 Å². The first kappa shape index (κ1) is 20.3. The molecule has 0 radical (unpaired) electrons. The van der Waals surface area contributed by atoms with Crippen molar-refractivity contribution in [3.05, 3.63) is 23.3 Å². The SMILES string of the molecule is COc1cc(C)c(S(=O)(=O)NCCSC(C)(C)C)cc1C(C)C. The third-order valence-corrected chi connectivity index (χ3v) is 6.25. The van der Waals surface area contributed by atoms with Crippen LogP contribution in [0.1, 0.15) is 51.7 Å². The average Bonchev–Trinajstić information content (AvgIpc) is 2.41. The van der Waals surface area contributed by atoms with Gasteiger partial charge in [0.05, 0.1) is 12.0 Å². The second kappa shape index (κ2) is 7.90. The van der Waals surface area contributed by atoms with E-state index in [0.717, 1.165) is 17.1 Å². The fourth-order valence-electron chi connectivity index (χ4n) is 2.21. The van der Waals surface area contributed by atoms with Crippen LogP contribution >= 0.6 is 11.8 Å². The summed E-state index contributed by atoms with van der Waals surface area (Å²) in [6.45, 7) is 12.6. The number of aryl methyl sites for hydroxylation is 1. The summed E-state index contributed by atoms with van der Waals surface area (Å²) >= 11 is 1.74. The molecule has 0 amide bonds. The molecule has 0 aromatic heterocycles. The smallest absolute Gasteiger partial charge is 0.240 e. The van der Waals surface area contributed by atoms with Crippen molar-refractivity contribution in [2.45, 2.75) is 57.1 Å². The fraction of sp³-hybridized carbons (Fsp3) is 0.647. The lowest BCUT2D eigenvalue weighted by Gasteiger charge is -2.18. The molecule has 1 aromatic rings. The van der Waals surface area contributed by atoms with Gasteiger partial charge < -0.3 is 4.74 Å². The molecule has 0 atom stereocenters. The first-order chi connectivity index (χ1) is 10.5. The zero-order chi connectivity index (χ0) is 17.8. The molecule has 4 nitrogen and oxygen atoms in total. The van der Waals surface area contributed by atoms with Crippen molar-refractivity contribution in [1.29, 1.82) is 0 Å². The number of hydrogen-bond acceptors (Lipinski definition) is 4. The zero-order valence-corrected chi connectivity index (χ0v) is 16.8. The van der Waals surface area contributed by atoms with Crippen LogP contribution in [0.4, 0.5) is 0 Å². The third kappa shape index (κ3) is 6.01. The molecule has 132 valence electrons. The van der Waals surface area contributed by atoms with Gasteiger partial charge in [-0.1, -0.05) is 34.6 Å². The van der Waals surface area contributed by atoms with E-state index in [1.165, 1.54) is 0 Å². The monoisotopic (exact) mass is 359 g/mol. The minimum absolute atomic E-state index is 0.131. The van der Waals surface area contributed by atoms with Crippen LogP contribution in [0.5, 0.6) is 5.75 Å². The minimum Gasteiger partial charge on any atom is -0.496 e.